The van der Waals surface area contributed by atoms with Gasteiger partial charge in [-0.05, 0) is 19.1 Å². The summed E-state index contributed by atoms with van der Waals surface area (Å²) in [6, 6.07) is 0. The molecule has 1 fully saturated rings. The number of rotatable bonds is 2. The highest BCUT2D eigenvalue weighted by Gasteiger charge is 2.32. The maximum atomic E-state index is 12.0. The molecule has 0 aromatic heterocycles. The van der Waals surface area contributed by atoms with E-state index in [0.29, 0.717) is 13.1 Å². The average Bonchev–Trinajstić information content (AvgIpc) is 2.18. The van der Waals surface area contributed by atoms with Crippen molar-refractivity contribution >= 4 is 12.8 Å². The van der Waals surface area contributed by atoms with Gasteiger partial charge in [-0.15, -0.1) is 0 Å². The Morgan fingerprint density at radius 3 is 2.36 bits per heavy atom. The molecule has 1 saturated heterocycles. The fraction of sp³-hybridized carbons (Fsp3) is 0.900. The van der Waals surface area contributed by atoms with Crippen LogP contribution >= 0.6 is 0 Å². The second-order valence-corrected chi connectivity index (χ2v) is 4.76. The van der Waals surface area contributed by atoms with Crippen LogP contribution in [0.3, 0.4) is 0 Å². The Labute approximate surface area is 86.6 Å². The van der Waals surface area contributed by atoms with Crippen molar-refractivity contribution in [2.45, 2.75) is 39.8 Å². The monoisotopic (exact) mass is 197 g/mol. The first-order valence-corrected chi connectivity index (χ1v) is 5.45. The van der Waals surface area contributed by atoms with E-state index >= 15 is 0 Å². The van der Waals surface area contributed by atoms with Crippen LogP contribution in [-0.2, 0) is 4.79 Å². The van der Waals surface area contributed by atoms with Crippen LogP contribution in [0.25, 0.3) is 0 Å². The van der Waals surface area contributed by atoms with Crippen molar-refractivity contribution < 1.29 is 9.82 Å². The van der Waals surface area contributed by atoms with Gasteiger partial charge in [0.1, 0.15) is 0 Å². The number of carbonyl (C=O) groups excluding carboxylic acids is 1. The normalized spacial score (nSPS) is 18.6. The second kappa shape index (κ2) is 4.34. The van der Waals surface area contributed by atoms with Gasteiger partial charge in [0.25, 0.3) is 6.92 Å². The van der Waals surface area contributed by atoms with Gasteiger partial charge in [0.2, 0.25) is 5.91 Å². The van der Waals surface area contributed by atoms with E-state index in [9.17, 15) is 9.82 Å². The number of hydrogen-bond donors (Lipinski definition) is 1. The van der Waals surface area contributed by atoms with Crippen LogP contribution in [0, 0.1) is 5.41 Å². The van der Waals surface area contributed by atoms with Gasteiger partial charge in [0.15, 0.2) is 0 Å². The van der Waals surface area contributed by atoms with Crippen LogP contribution in [0.5, 0.6) is 0 Å². The molecule has 4 heteroatoms. The summed E-state index contributed by atoms with van der Waals surface area (Å²) in [4.78, 5) is 13.9. The van der Waals surface area contributed by atoms with Gasteiger partial charge < -0.3 is 9.92 Å². The minimum absolute atomic E-state index is 0.205. The molecule has 80 valence electrons. The molecular formula is C10H20BNO2. The summed E-state index contributed by atoms with van der Waals surface area (Å²) in [7, 11) is 0. The van der Waals surface area contributed by atoms with Crippen molar-refractivity contribution in [3.05, 3.63) is 0 Å². The molecule has 1 N–H and O–H groups in total. The molecule has 0 bridgehead atoms. The number of amides is 1. The smallest absolute Gasteiger partial charge is 0.292 e. The first-order valence-electron chi connectivity index (χ1n) is 5.45. The lowest BCUT2D eigenvalue weighted by atomic mass is 9.60. The molecule has 0 atom stereocenters. The molecule has 14 heavy (non-hydrogen) atoms. The van der Waals surface area contributed by atoms with Gasteiger partial charge in [-0.1, -0.05) is 20.8 Å². The molecular weight excluding hydrogens is 177 g/mol. The molecule has 0 unspecified atom stereocenters. The highest BCUT2D eigenvalue weighted by Crippen LogP contribution is 2.24. The first kappa shape index (κ1) is 11.6. The predicted molar refractivity (Wildman–Crippen MR) is 58.2 cm³/mol. The van der Waals surface area contributed by atoms with Gasteiger partial charge in [0, 0.05) is 18.5 Å². The Balaban J connectivity index is 2.54. The molecule has 0 aromatic carbocycles. The summed E-state index contributed by atoms with van der Waals surface area (Å²) in [5.74, 6) is 0.229. The lowest BCUT2D eigenvalue weighted by molar-refractivity contribution is -0.140. The third-order valence-corrected chi connectivity index (χ3v) is 3.21. The topological polar surface area (TPSA) is 40.5 Å². The Morgan fingerprint density at radius 1 is 1.43 bits per heavy atom. The lowest BCUT2D eigenvalue weighted by Gasteiger charge is -2.34. The predicted octanol–water partition coefficient (Wildman–Crippen LogP) is 1.25. The Hall–Kier alpha value is -0.505. The fourth-order valence-corrected chi connectivity index (χ4v) is 1.65. The van der Waals surface area contributed by atoms with E-state index in [1.54, 1.807) is 0 Å². The molecule has 1 heterocycles. The fourth-order valence-electron chi connectivity index (χ4n) is 1.65. The number of nitrogens with zero attached hydrogens (tertiary/aromatic N) is 1. The minimum Gasteiger partial charge on any atom is -0.450 e. The zero-order chi connectivity index (χ0) is 10.8. The molecule has 0 saturated carbocycles. The van der Waals surface area contributed by atoms with E-state index in [4.69, 9.17) is 0 Å². The van der Waals surface area contributed by atoms with E-state index in [2.05, 4.69) is 0 Å². The number of carbonyl (C=O) groups is 1. The van der Waals surface area contributed by atoms with E-state index in [1.807, 2.05) is 25.7 Å². The number of hydrogen-bond acceptors (Lipinski definition) is 2. The Kier molecular flexibility index (Phi) is 3.59. The summed E-state index contributed by atoms with van der Waals surface area (Å²) in [5.41, 5.74) is -0.248. The van der Waals surface area contributed by atoms with Crippen molar-refractivity contribution in [1.29, 1.82) is 0 Å². The Bertz CT molecular complexity index is 210. The summed E-state index contributed by atoms with van der Waals surface area (Å²) in [6.07, 6.45) is 2.32. The molecule has 3 nitrogen and oxygen atoms in total. The van der Waals surface area contributed by atoms with Gasteiger partial charge in [0.05, 0.1) is 0 Å². The Morgan fingerprint density at radius 2 is 1.93 bits per heavy atom. The molecule has 0 radical (unpaired) electrons. The minimum atomic E-state index is -0.248. The third-order valence-electron chi connectivity index (χ3n) is 3.21. The second-order valence-electron chi connectivity index (χ2n) is 4.76. The van der Waals surface area contributed by atoms with E-state index in [-0.39, 0.29) is 18.2 Å². The first-order chi connectivity index (χ1) is 6.47. The maximum absolute atomic E-state index is 12.0. The highest BCUT2D eigenvalue weighted by atomic mass is 16.2. The average molecular weight is 197 g/mol. The zero-order valence-corrected chi connectivity index (χ0v) is 9.42. The quantitative estimate of drug-likeness (QED) is 0.676. The zero-order valence-electron chi connectivity index (χ0n) is 9.42. The van der Waals surface area contributed by atoms with Crippen molar-refractivity contribution in [2.24, 2.45) is 5.41 Å². The van der Waals surface area contributed by atoms with Crippen molar-refractivity contribution in [2.75, 3.05) is 13.1 Å². The van der Waals surface area contributed by atoms with Gasteiger partial charge in [-0.3, -0.25) is 4.79 Å². The summed E-state index contributed by atoms with van der Waals surface area (Å²) >= 11 is 0. The molecule has 1 amide bonds. The third kappa shape index (κ3) is 2.50. The van der Waals surface area contributed by atoms with Gasteiger partial charge in [-0.2, -0.15) is 0 Å². The van der Waals surface area contributed by atoms with Crippen LogP contribution in [0.1, 0.15) is 27.2 Å². The standard InChI is InChI=1S/C10H20BNO2/c1-4-10(2,3)9(13)12-7-5-11(14)6-8-12/h14H,4-8H2,1-3H3. The molecule has 1 rings (SSSR count). The maximum Gasteiger partial charge on any atom is 0.292 e. The summed E-state index contributed by atoms with van der Waals surface area (Å²) < 4.78 is 0. The van der Waals surface area contributed by atoms with Gasteiger partial charge >= 0.3 is 0 Å². The van der Waals surface area contributed by atoms with Crippen molar-refractivity contribution in [3.63, 3.8) is 0 Å². The van der Waals surface area contributed by atoms with Gasteiger partial charge in [-0.25, -0.2) is 0 Å². The van der Waals surface area contributed by atoms with Crippen molar-refractivity contribution in [1.82, 2.24) is 4.90 Å². The summed E-state index contributed by atoms with van der Waals surface area (Å²) in [6.45, 7) is 7.23. The van der Waals surface area contributed by atoms with Crippen LogP contribution in [0.4, 0.5) is 0 Å². The summed E-state index contributed by atoms with van der Waals surface area (Å²) in [5, 5.41) is 9.33. The van der Waals surface area contributed by atoms with E-state index in [0.717, 1.165) is 19.1 Å². The molecule has 0 spiro atoms. The molecule has 1 aliphatic rings. The SMILES string of the molecule is CCC(C)(C)C(=O)N1CCB(O)CC1. The van der Waals surface area contributed by atoms with Crippen molar-refractivity contribution in [3.8, 4) is 0 Å². The van der Waals surface area contributed by atoms with Crippen LogP contribution < -0.4 is 0 Å². The molecule has 0 aliphatic carbocycles. The lowest BCUT2D eigenvalue weighted by Crippen LogP contribution is -2.46. The highest BCUT2D eigenvalue weighted by molar-refractivity contribution is 6.50. The largest absolute Gasteiger partial charge is 0.450 e. The molecule has 0 aromatic rings. The van der Waals surface area contributed by atoms with E-state index < -0.39 is 0 Å². The van der Waals surface area contributed by atoms with E-state index in [1.165, 1.54) is 0 Å². The van der Waals surface area contributed by atoms with Crippen LogP contribution in [-0.4, -0.2) is 35.8 Å². The molecule has 1 aliphatic heterocycles. The van der Waals surface area contributed by atoms with Crippen LogP contribution in [0.15, 0.2) is 0 Å². The van der Waals surface area contributed by atoms with Crippen LogP contribution in [0.2, 0.25) is 12.6 Å².